The third-order valence-electron chi connectivity index (χ3n) is 4.94. The van der Waals surface area contributed by atoms with Gasteiger partial charge in [-0.15, -0.1) is 0 Å². The van der Waals surface area contributed by atoms with Crippen LogP contribution in [0, 0.1) is 0 Å². The maximum absolute atomic E-state index is 12.5. The first kappa shape index (κ1) is 19.6. The number of carbonyl (C=O) groups excluding carboxylic acids is 2. The molecule has 0 bridgehead atoms. The van der Waals surface area contributed by atoms with E-state index in [9.17, 15) is 18.0 Å². The molecule has 2 heterocycles. The van der Waals surface area contributed by atoms with E-state index >= 15 is 0 Å². The molecule has 9 heteroatoms. The average Bonchev–Trinajstić information content (AvgIpc) is 3.35. The molecule has 2 aromatic carbocycles. The van der Waals surface area contributed by atoms with Gasteiger partial charge < -0.3 is 15.4 Å². The van der Waals surface area contributed by atoms with Crippen molar-refractivity contribution in [3.8, 4) is 0 Å². The van der Waals surface area contributed by atoms with Crippen molar-refractivity contribution in [1.29, 1.82) is 0 Å². The Labute approximate surface area is 168 Å². The first-order valence-corrected chi connectivity index (χ1v) is 10.8. The number of hydrogen-bond acceptors (Lipinski definition) is 5. The highest BCUT2D eigenvalue weighted by Crippen LogP contribution is 2.26. The lowest BCUT2D eigenvalue weighted by Gasteiger charge is -2.12. The molecule has 0 radical (unpaired) electrons. The lowest BCUT2D eigenvalue weighted by molar-refractivity contribution is -0.115. The summed E-state index contributed by atoms with van der Waals surface area (Å²) in [4.78, 5) is 24.0. The van der Waals surface area contributed by atoms with E-state index in [1.54, 1.807) is 18.2 Å². The Hall–Kier alpha value is -2.75. The minimum atomic E-state index is -3.66. The van der Waals surface area contributed by atoms with Crippen molar-refractivity contribution in [2.75, 3.05) is 23.8 Å². The van der Waals surface area contributed by atoms with Gasteiger partial charge in [0.25, 0.3) is 5.91 Å². The molecule has 1 fully saturated rings. The number of nitrogens with one attached hydrogen (secondary N) is 3. The normalized spacial score (nSPS) is 18.3. The number of anilines is 2. The van der Waals surface area contributed by atoms with E-state index in [4.69, 9.17) is 4.74 Å². The minimum Gasteiger partial charge on any atom is -0.377 e. The highest BCUT2D eigenvalue weighted by molar-refractivity contribution is 7.89. The molecular weight excluding hydrogens is 394 g/mol. The monoisotopic (exact) mass is 415 g/mol. The highest BCUT2D eigenvalue weighted by Gasteiger charge is 2.21. The predicted octanol–water partition coefficient (Wildman–Crippen LogP) is 1.89. The summed E-state index contributed by atoms with van der Waals surface area (Å²) in [5.41, 5.74) is 2.47. The van der Waals surface area contributed by atoms with Crippen LogP contribution in [0.1, 0.15) is 28.8 Å². The second kappa shape index (κ2) is 7.94. The van der Waals surface area contributed by atoms with E-state index in [2.05, 4.69) is 15.4 Å². The number of rotatable bonds is 6. The summed E-state index contributed by atoms with van der Waals surface area (Å²) < 4.78 is 32.8. The van der Waals surface area contributed by atoms with Crippen molar-refractivity contribution in [2.24, 2.45) is 0 Å². The Morgan fingerprint density at radius 2 is 1.97 bits per heavy atom. The highest BCUT2D eigenvalue weighted by atomic mass is 32.2. The van der Waals surface area contributed by atoms with Gasteiger partial charge in [-0.1, -0.05) is 0 Å². The van der Waals surface area contributed by atoms with E-state index < -0.39 is 10.0 Å². The number of benzene rings is 2. The summed E-state index contributed by atoms with van der Waals surface area (Å²) >= 11 is 0. The molecular formula is C20H21N3O5S. The van der Waals surface area contributed by atoms with Gasteiger partial charge in [0.05, 0.1) is 17.4 Å². The van der Waals surface area contributed by atoms with Crippen LogP contribution in [0.25, 0.3) is 0 Å². The lowest BCUT2D eigenvalue weighted by atomic mass is 10.1. The molecule has 29 heavy (non-hydrogen) atoms. The van der Waals surface area contributed by atoms with Crippen LogP contribution in [0.15, 0.2) is 47.4 Å². The Morgan fingerprint density at radius 1 is 1.17 bits per heavy atom. The van der Waals surface area contributed by atoms with Crippen molar-refractivity contribution >= 4 is 33.2 Å². The first-order chi connectivity index (χ1) is 13.9. The third kappa shape index (κ3) is 4.47. The average molecular weight is 415 g/mol. The number of hydrogen-bond donors (Lipinski definition) is 3. The first-order valence-electron chi connectivity index (χ1n) is 9.36. The maximum Gasteiger partial charge on any atom is 0.255 e. The summed E-state index contributed by atoms with van der Waals surface area (Å²) in [5, 5.41) is 5.50. The number of sulfonamides is 1. The van der Waals surface area contributed by atoms with Gasteiger partial charge in [-0.05, 0) is 60.9 Å². The molecule has 2 aliphatic heterocycles. The van der Waals surface area contributed by atoms with E-state index in [0.717, 1.165) is 24.1 Å². The van der Waals surface area contributed by atoms with Crippen molar-refractivity contribution in [3.63, 3.8) is 0 Å². The Kier molecular flexibility index (Phi) is 5.35. The molecule has 0 saturated carbocycles. The van der Waals surface area contributed by atoms with E-state index in [0.29, 0.717) is 17.9 Å². The fraction of sp³-hybridized carbons (Fsp3) is 0.300. The van der Waals surface area contributed by atoms with Crippen molar-refractivity contribution in [3.05, 3.63) is 53.6 Å². The molecule has 1 saturated heterocycles. The molecule has 3 N–H and O–H groups in total. The van der Waals surface area contributed by atoms with Gasteiger partial charge >= 0.3 is 0 Å². The van der Waals surface area contributed by atoms with Crippen LogP contribution in [0.3, 0.4) is 0 Å². The standard InChI is InChI=1S/C20H21N3O5S/c24-19-11-14-10-15(5-8-18(14)23-19)22-20(25)13-3-6-17(7-4-13)29(26,27)21-12-16-2-1-9-28-16/h3-8,10,16,21H,1-2,9,11-12H2,(H,22,25)(H,23,24). The Morgan fingerprint density at radius 3 is 2.69 bits per heavy atom. The lowest BCUT2D eigenvalue weighted by Crippen LogP contribution is -2.31. The summed E-state index contributed by atoms with van der Waals surface area (Å²) in [6.45, 7) is 0.896. The van der Waals surface area contributed by atoms with Gasteiger partial charge in [0.15, 0.2) is 0 Å². The second-order valence-corrected chi connectivity index (χ2v) is 8.83. The molecule has 0 spiro atoms. The SMILES string of the molecule is O=C1Cc2cc(NC(=O)c3ccc(S(=O)(=O)NCC4CCCO4)cc3)ccc2N1. The summed E-state index contributed by atoms with van der Waals surface area (Å²) in [7, 11) is -3.66. The zero-order valence-corrected chi connectivity index (χ0v) is 16.4. The van der Waals surface area contributed by atoms with Crippen LogP contribution >= 0.6 is 0 Å². The van der Waals surface area contributed by atoms with E-state index in [1.165, 1.54) is 24.3 Å². The molecule has 0 aliphatic carbocycles. The van der Waals surface area contributed by atoms with Crippen molar-refractivity contribution < 1.29 is 22.7 Å². The smallest absolute Gasteiger partial charge is 0.255 e. The van der Waals surface area contributed by atoms with Crippen LogP contribution in [0.5, 0.6) is 0 Å². The zero-order valence-electron chi connectivity index (χ0n) is 15.6. The van der Waals surface area contributed by atoms with Crippen LogP contribution < -0.4 is 15.4 Å². The van der Waals surface area contributed by atoms with Crippen LogP contribution in [-0.4, -0.2) is 39.5 Å². The number of ether oxygens (including phenoxy) is 1. The quantitative estimate of drug-likeness (QED) is 0.667. The minimum absolute atomic E-state index is 0.0756. The largest absolute Gasteiger partial charge is 0.377 e. The molecule has 1 unspecified atom stereocenters. The fourth-order valence-corrected chi connectivity index (χ4v) is 4.45. The summed E-state index contributed by atoms with van der Waals surface area (Å²) in [6.07, 6.45) is 1.97. The van der Waals surface area contributed by atoms with Gasteiger partial charge in [-0.25, -0.2) is 13.1 Å². The van der Waals surface area contributed by atoms with Gasteiger partial charge in [0.1, 0.15) is 0 Å². The predicted molar refractivity (Wildman–Crippen MR) is 107 cm³/mol. The van der Waals surface area contributed by atoms with Crippen LogP contribution in [0.2, 0.25) is 0 Å². The topological polar surface area (TPSA) is 114 Å². The van der Waals surface area contributed by atoms with Crippen molar-refractivity contribution in [2.45, 2.75) is 30.3 Å². The molecule has 8 nitrogen and oxygen atoms in total. The number of fused-ring (bicyclic) bond motifs is 1. The Balaban J connectivity index is 1.40. The van der Waals surface area contributed by atoms with Gasteiger partial charge in [-0.3, -0.25) is 9.59 Å². The van der Waals surface area contributed by atoms with Crippen molar-refractivity contribution in [1.82, 2.24) is 4.72 Å². The van der Waals surface area contributed by atoms with Gasteiger partial charge in [0.2, 0.25) is 15.9 Å². The Bertz CT molecular complexity index is 1040. The molecule has 0 aromatic heterocycles. The number of carbonyl (C=O) groups is 2. The molecule has 4 rings (SSSR count). The third-order valence-corrected chi connectivity index (χ3v) is 6.38. The van der Waals surface area contributed by atoms with E-state index in [-0.39, 0.29) is 35.8 Å². The van der Waals surface area contributed by atoms with Gasteiger partial charge in [0, 0.05) is 30.1 Å². The molecule has 2 amide bonds. The molecule has 2 aliphatic rings. The van der Waals surface area contributed by atoms with Gasteiger partial charge in [-0.2, -0.15) is 0 Å². The van der Waals surface area contributed by atoms with E-state index in [1.807, 2.05) is 0 Å². The molecule has 2 aromatic rings. The number of amides is 2. The van der Waals surface area contributed by atoms with Crippen LogP contribution in [0.4, 0.5) is 11.4 Å². The summed E-state index contributed by atoms with van der Waals surface area (Å²) in [6, 6.07) is 10.9. The maximum atomic E-state index is 12.5. The second-order valence-electron chi connectivity index (χ2n) is 7.06. The summed E-state index contributed by atoms with van der Waals surface area (Å²) in [5.74, 6) is -0.438. The molecule has 152 valence electrons. The van der Waals surface area contributed by atoms with Crippen LogP contribution in [-0.2, 0) is 26.0 Å². The molecule has 1 atom stereocenters. The fourth-order valence-electron chi connectivity index (χ4n) is 3.39. The zero-order chi connectivity index (χ0) is 20.4.